The predicted molar refractivity (Wildman–Crippen MR) is 80.6 cm³/mol. The number of nitrogens with zero attached hydrogens (tertiary/aromatic N) is 3. The van der Waals surface area contributed by atoms with Crippen molar-refractivity contribution in [2.45, 2.75) is 13.3 Å². The van der Waals surface area contributed by atoms with E-state index in [2.05, 4.69) is 26.2 Å². The van der Waals surface area contributed by atoms with E-state index in [4.69, 9.17) is 5.26 Å². The van der Waals surface area contributed by atoms with E-state index < -0.39 is 0 Å². The van der Waals surface area contributed by atoms with Crippen molar-refractivity contribution in [3.8, 4) is 6.19 Å². The van der Waals surface area contributed by atoms with E-state index in [0.717, 1.165) is 17.0 Å². The first-order valence-electron chi connectivity index (χ1n) is 6.49. The molecule has 1 atom stereocenters. The number of aliphatic imine (C=N–C) groups is 1. The third-order valence-corrected chi connectivity index (χ3v) is 3.10. The average molecular weight is 284 g/mol. The summed E-state index contributed by atoms with van der Waals surface area (Å²) < 4.78 is 0. The van der Waals surface area contributed by atoms with Gasteiger partial charge in [-0.3, -0.25) is 15.1 Å². The fourth-order valence-corrected chi connectivity index (χ4v) is 2.06. The Morgan fingerprint density at radius 2 is 2.19 bits per heavy atom. The Balaban J connectivity index is 2.13. The van der Waals surface area contributed by atoms with Crippen LogP contribution in [0.15, 0.2) is 34.4 Å². The minimum Gasteiger partial charge on any atom is -0.326 e. The van der Waals surface area contributed by atoms with Crippen LogP contribution < -0.4 is 16.1 Å². The number of anilines is 1. The first kappa shape index (κ1) is 14.5. The van der Waals surface area contributed by atoms with Gasteiger partial charge in [-0.05, 0) is 17.7 Å². The molecule has 0 radical (unpaired) electrons. The lowest BCUT2D eigenvalue weighted by molar-refractivity contribution is -0.121. The monoisotopic (exact) mass is 284 g/mol. The molecular formula is C14H16N6O. The first-order chi connectivity index (χ1) is 10.1. The average Bonchev–Trinajstić information content (AvgIpc) is 2.48. The smallest absolute Gasteiger partial charge is 0.240 e. The number of amides is 1. The van der Waals surface area contributed by atoms with Gasteiger partial charge in [-0.25, -0.2) is 5.43 Å². The van der Waals surface area contributed by atoms with Crippen LogP contribution in [0.25, 0.3) is 0 Å². The molecule has 0 aliphatic carbocycles. The highest BCUT2D eigenvalue weighted by Crippen LogP contribution is 2.18. The van der Waals surface area contributed by atoms with Crippen LogP contribution in [-0.2, 0) is 4.79 Å². The van der Waals surface area contributed by atoms with Crippen molar-refractivity contribution < 1.29 is 4.79 Å². The maximum atomic E-state index is 11.2. The molecule has 3 N–H and O–H groups in total. The Morgan fingerprint density at radius 3 is 2.76 bits per heavy atom. The number of guanidine groups is 1. The number of hydrogen-bond acceptors (Lipinski definition) is 4. The van der Waals surface area contributed by atoms with Gasteiger partial charge < -0.3 is 5.32 Å². The second-order valence-corrected chi connectivity index (χ2v) is 4.65. The van der Waals surface area contributed by atoms with Crippen LogP contribution in [-0.4, -0.2) is 24.6 Å². The van der Waals surface area contributed by atoms with E-state index in [1.165, 1.54) is 0 Å². The second-order valence-electron chi connectivity index (χ2n) is 4.65. The molecule has 0 unspecified atom stereocenters. The highest BCUT2D eigenvalue weighted by Gasteiger charge is 2.21. The molecule has 0 fully saturated rings. The van der Waals surface area contributed by atoms with Gasteiger partial charge in [-0.2, -0.15) is 10.4 Å². The zero-order valence-corrected chi connectivity index (χ0v) is 11.8. The molecule has 1 aromatic carbocycles. The van der Waals surface area contributed by atoms with E-state index >= 15 is 0 Å². The van der Waals surface area contributed by atoms with Crippen LogP contribution >= 0.6 is 0 Å². The molecule has 1 heterocycles. The lowest BCUT2D eigenvalue weighted by Crippen LogP contribution is -2.32. The van der Waals surface area contributed by atoms with Gasteiger partial charge in [0.05, 0.1) is 5.71 Å². The maximum absolute atomic E-state index is 11.2. The normalized spacial score (nSPS) is 18.3. The van der Waals surface area contributed by atoms with Gasteiger partial charge >= 0.3 is 0 Å². The minimum atomic E-state index is -0.0593. The molecular weight excluding hydrogens is 268 g/mol. The quantitative estimate of drug-likeness (QED) is 0.326. The predicted octanol–water partition coefficient (Wildman–Crippen LogP) is 1.02. The molecule has 1 aliphatic heterocycles. The fraction of sp³-hybridized carbons (Fsp3) is 0.286. The highest BCUT2D eigenvalue weighted by molar-refractivity contribution is 6.06. The highest BCUT2D eigenvalue weighted by atomic mass is 16.2. The summed E-state index contributed by atoms with van der Waals surface area (Å²) in [6.45, 7) is 1.97. The van der Waals surface area contributed by atoms with E-state index in [1.807, 2.05) is 37.4 Å². The van der Waals surface area contributed by atoms with E-state index in [1.54, 1.807) is 7.05 Å². The summed E-state index contributed by atoms with van der Waals surface area (Å²) in [6, 6.07) is 7.56. The molecule has 108 valence electrons. The van der Waals surface area contributed by atoms with Gasteiger partial charge in [0.2, 0.25) is 11.9 Å². The summed E-state index contributed by atoms with van der Waals surface area (Å²) in [5.41, 5.74) is 5.12. The molecule has 1 aromatic rings. The lowest BCUT2D eigenvalue weighted by atomic mass is 9.94. The molecule has 1 amide bonds. The largest absolute Gasteiger partial charge is 0.326 e. The SMILES string of the molecule is CN=C(NC#N)Nc1ccc(C2=NNC(=O)C[C@@H]2C)cc1. The lowest BCUT2D eigenvalue weighted by Gasteiger charge is -2.19. The third-order valence-electron chi connectivity index (χ3n) is 3.10. The standard InChI is InChI=1S/C14H16N6O/c1-9-7-12(21)19-20-13(9)10-3-5-11(6-4-10)18-14(16-2)17-8-15/h3-6,9H,7H2,1-2H3,(H,19,21)(H2,16,17,18)/t9-/m0/s1. The van der Waals surface area contributed by atoms with Gasteiger partial charge in [0, 0.05) is 25.1 Å². The van der Waals surface area contributed by atoms with E-state index in [-0.39, 0.29) is 11.8 Å². The van der Waals surface area contributed by atoms with Crippen LogP contribution in [0.1, 0.15) is 18.9 Å². The summed E-state index contributed by atoms with van der Waals surface area (Å²) in [6.07, 6.45) is 2.25. The van der Waals surface area contributed by atoms with Crippen molar-refractivity contribution in [2.24, 2.45) is 16.0 Å². The van der Waals surface area contributed by atoms with Crippen molar-refractivity contribution >= 4 is 23.3 Å². The summed E-state index contributed by atoms with van der Waals surface area (Å²) in [5, 5.41) is 18.1. The summed E-state index contributed by atoms with van der Waals surface area (Å²) in [5.74, 6) is 0.405. The van der Waals surface area contributed by atoms with Gasteiger partial charge in [0.15, 0.2) is 6.19 Å². The molecule has 21 heavy (non-hydrogen) atoms. The van der Waals surface area contributed by atoms with E-state index in [0.29, 0.717) is 12.4 Å². The topological polar surface area (TPSA) is 102 Å². The second kappa shape index (κ2) is 6.52. The summed E-state index contributed by atoms with van der Waals surface area (Å²) >= 11 is 0. The van der Waals surface area contributed by atoms with Crippen LogP contribution in [0.5, 0.6) is 0 Å². The van der Waals surface area contributed by atoms with Crippen molar-refractivity contribution in [1.82, 2.24) is 10.7 Å². The molecule has 7 heteroatoms. The van der Waals surface area contributed by atoms with Gasteiger partial charge in [0.1, 0.15) is 0 Å². The maximum Gasteiger partial charge on any atom is 0.240 e. The zero-order valence-electron chi connectivity index (χ0n) is 11.8. The molecule has 2 rings (SSSR count). The molecule has 7 nitrogen and oxygen atoms in total. The molecule has 0 bridgehead atoms. The molecule has 0 spiro atoms. The number of hydrazone groups is 1. The van der Waals surface area contributed by atoms with Crippen LogP contribution in [0.2, 0.25) is 0 Å². The van der Waals surface area contributed by atoms with Crippen LogP contribution in [0.4, 0.5) is 5.69 Å². The number of nitriles is 1. The number of benzene rings is 1. The molecule has 0 saturated heterocycles. The number of carbonyl (C=O) groups excluding carboxylic acids is 1. The zero-order chi connectivity index (χ0) is 15.2. The fourth-order valence-electron chi connectivity index (χ4n) is 2.06. The number of rotatable bonds is 2. The van der Waals surface area contributed by atoms with Crippen molar-refractivity contribution in [3.63, 3.8) is 0 Å². The Labute approximate surface area is 122 Å². The van der Waals surface area contributed by atoms with Crippen LogP contribution in [0, 0.1) is 17.4 Å². The van der Waals surface area contributed by atoms with Crippen LogP contribution in [0.3, 0.4) is 0 Å². The number of carbonyl (C=O) groups is 1. The molecule has 0 saturated carbocycles. The van der Waals surface area contributed by atoms with Crippen molar-refractivity contribution in [2.75, 3.05) is 12.4 Å². The minimum absolute atomic E-state index is 0.0593. The molecule has 1 aliphatic rings. The Hall–Kier alpha value is -2.88. The Morgan fingerprint density at radius 1 is 1.48 bits per heavy atom. The Kier molecular flexibility index (Phi) is 4.51. The van der Waals surface area contributed by atoms with Crippen molar-refractivity contribution in [3.05, 3.63) is 29.8 Å². The van der Waals surface area contributed by atoms with Gasteiger partial charge in [-0.15, -0.1) is 0 Å². The number of hydrogen-bond donors (Lipinski definition) is 3. The Bertz CT molecular complexity index is 626. The summed E-state index contributed by atoms with van der Waals surface area (Å²) in [4.78, 5) is 15.2. The van der Waals surface area contributed by atoms with Gasteiger partial charge in [-0.1, -0.05) is 19.1 Å². The van der Waals surface area contributed by atoms with Crippen molar-refractivity contribution in [1.29, 1.82) is 5.26 Å². The number of nitrogens with one attached hydrogen (secondary N) is 3. The van der Waals surface area contributed by atoms with Gasteiger partial charge in [0.25, 0.3) is 0 Å². The summed E-state index contributed by atoms with van der Waals surface area (Å²) in [7, 11) is 1.59. The van der Waals surface area contributed by atoms with E-state index in [9.17, 15) is 4.79 Å². The first-order valence-corrected chi connectivity index (χ1v) is 6.49. The molecule has 0 aromatic heterocycles. The third kappa shape index (κ3) is 3.57.